The quantitative estimate of drug-likeness (QED) is 0.763. The van der Waals surface area contributed by atoms with Gasteiger partial charge in [0.15, 0.2) is 0 Å². The Morgan fingerprint density at radius 1 is 1.42 bits per heavy atom. The summed E-state index contributed by atoms with van der Waals surface area (Å²) in [6.07, 6.45) is 4.41. The molecule has 2 rings (SSSR count). The van der Waals surface area contributed by atoms with Crippen molar-refractivity contribution in [2.75, 3.05) is 18.4 Å². The van der Waals surface area contributed by atoms with Gasteiger partial charge in [0.05, 0.1) is 0 Å². The normalized spacial score (nSPS) is 18.3. The van der Waals surface area contributed by atoms with E-state index in [1.807, 2.05) is 18.2 Å². The molecule has 4 nitrogen and oxygen atoms in total. The summed E-state index contributed by atoms with van der Waals surface area (Å²) in [5, 5.41) is 9.24. The minimum absolute atomic E-state index is 0.114. The van der Waals surface area contributed by atoms with Crippen LogP contribution in [0.15, 0.2) is 24.3 Å². The van der Waals surface area contributed by atoms with Gasteiger partial charge in [-0.2, -0.15) is 0 Å². The van der Waals surface area contributed by atoms with E-state index in [0.29, 0.717) is 12.6 Å². The molecule has 2 amide bonds. The third-order valence-electron chi connectivity index (χ3n) is 3.46. The molecule has 1 heterocycles. The number of amides is 2. The van der Waals surface area contributed by atoms with E-state index >= 15 is 0 Å². The lowest BCUT2D eigenvalue weighted by Gasteiger charge is -2.14. The molecule has 1 aromatic rings. The lowest BCUT2D eigenvalue weighted by Crippen LogP contribution is -2.39. The van der Waals surface area contributed by atoms with Crippen molar-refractivity contribution < 1.29 is 4.79 Å². The highest BCUT2D eigenvalue weighted by Gasteiger charge is 2.14. The SMILES string of the molecule is CCCc1ccccc1NC(=O)NCC1CCCN1. The smallest absolute Gasteiger partial charge is 0.319 e. The number of hydrogen-bond donors (Lipinski definition) is 3. The van der Waals surface area contributed by atoms with Crippen LogP contribution in [0, 0.1) is 0 Å². The number of carbonyl (C=O) groups is 1. The summed E-state index contributed by atoms with van der Waals surface area (Å²) in [5.74, 6) is 0. The third-order valence-corrected chi connectivity index (χ3v) is 3.46. The summed E-state index contributed by atoms with van der Waals surface area (Å²) in [6, 6.07) is 8.30. The fourth-order valence-corrected chi connectivity index (χ4v) is 2.44. The summed E-state index contributed by atoms with van der Waals surface area (Å²) in [7, 11) is 0. The third kappa shape index (κ3) is 4.24. The van der Waals surface area contributed by atoms with Gasteiger partial charge < -0.3 is 16.0 Å². The molecule has 1 unspecified atom stereocenters. The van der Waals surface area contributed by atoms with Crippen LogP contribution in [-0.2, 0) is 6.42 Å². The molecule has 3 N–H and O–H groups in total. The topological polar surface area (TPSA) is 53.2 Å². The molecule has 1 aliphatic heterocycles. The molecule has 4 heteroatoms. The lowest BCUT2D eigenvalue weighted by molar-refractivity contribution is 0.251. The molecule has 0 aliphatic carbocycles. The Balaban J connectivity index is 1.83. The fourth-order valence-electron chi connectivity index (χ4n) is 2.44. The molecule has 1 aliphatic rings. The van der Waals surface area contributed by atoms with Crippen LogP contribution in [0.5, 0.6) is 0 Å². The van der Waals surface area contributed by atoms with Crippen molar-refractivity contribution in [3.63, 3.8) is 0 Å². The molecule has 1 atom stereocenters. The van der Waals surface area contributed by atoms with Gasteiger partial charge >= 0.3 is 6.03 Å². The summed E-state index contributed by atoms with van der Waals surface area (Å²) >= 11 is 0. The van der Waals surface area contributed by atoms with E-state index in [0.717, 1.165) is 31.5 Å². The maximum absolute atomic E-state index is 11.9. The highest BCUT2D eigenvalue weighted by atomic mass is 16.2. The lowest BCUT2D eigenvalue weighted by atomic mass is 10.1. The molecule has 0 radical (unpaired) electrons. The Morgan fingerprint density at radius 2 is 2.26 bits per heavy atom. The van der Waals surface area contributed by atoms with Crippen molar-refractivity contribution in [3.05, 3.63) is 29.8 Å². The highest BCUT2D eigenvalue weighted by molar-refractivity contribution is 5.90. The summed E-state index contributed by atoms with van der Waals surface area (Å²) in [4.78, 5) is 11.9. The molecule has 0 spiro atoms. The Kier molecular flexibility index (Phi) is 5.21. The Labute approximate surface area is 115 Å². The van der Waals surface area contributed by atoms with E-state index < -0.39 is 0 Å². The molecule has 0 saturated carbocycles. The summed E-state index contributed by atoms with van der Waals surface area (Å²) in [5.41, 5.74) is 2.11. The number of para-hydroxylation sites is 1. The number of carbonyl (C=O) groups excluding carboxylic acids is 1. The first-order chi connectivity index (χ1) is 9.29. The van der Waals surface area contributed by atoms with Crippen LogP contribution in [0.3, 0.4) is 0 Å². The van der Waals surface area contributed by atoms with Gasteiger partial charge in [0.25, 0.3) is 0 Å². The van der Waals surface area contributed by atoms with Crippen molar-refractivity contribution in [2.24, 2.45) is 0 Å². The van der Waals surface area contributed by atoms with Crippen LogP contribution < -0.4 is 16.0 Å². The predicted octanol–water partition coefficient (Wildman–Crippen LogP) is 2.51. The van der Waals surface area contributed by atoms with Gasteiger partial charge in [-0.15, -0.1) is 0 Å². The molecule has 1 saturated heterocycles. The number of benzene rings is 1. The van der Waals surface area contributed by atoms with Gasteiger partial charge in [-0.3, -0.25) is 0 Å². The maximum atomic E-state index is 11.9. The van der Waals surface area contributed by atoms with Crippen molar-refractivity contribution in [2.45, 2.75) is 38.6 Å². The minimum Gasteiger partial charge on any atom is -0.336 e. The number of anilines is 1. The second-order valence-corrected chi connectivity index (χ2v) is 5.04. The Morgan fingerprint density at radius 3 is 3.00 bits per heavy atom. The molecule has 0 aromatic heterocycles. The van der Waals surface area contributed by atoms with E-state index in [1.165, 1.54) is 12.0 Å². The molecular weight excluding hydrogens is 238 g/mol. The summed E-state index contributed by atoms with van der Waals surface area (Å²) < 4.78 is 0. The Hall–Kier alpha value is -1.55. The minimum atomic E-state index is -0.114. The number of nitrogens with one attached hydrogen (secondary N) is 3. The van der Waals surface area contributed by atoms with E-state index in [1.54, 1.807) is 0 Å². The molecular formula is C15H23N3O. The van der Waals surface area contributed by atoms with E-state index in [4.69, 9.17) is 0 Å². The van der Waals surface area contributed by atoms with Gasteiger partial charge in [-0.25, -0.2) is 4.79 Å². The standard InChI is InChI=1S/C15H23N3O/c1-2-6-12-7-3-4-9-14(12)18-15(19)17-11-13-8-5-10-16-13/h3-4,7,9,13,16H,2,5-6,8,10-11H2,1H3,(H2,17,18,19). The predicted molar refractivity (Wildman–Crippen MR) is 78.5 cm³/mol. The van der Waals surface area contributed by atoms with Crippen LogP contribution in [0.25, 0.3) is 0 Å². The monoisotopic (exact) mass is 261 g/mol. The average Bonchev–Trinajstić information content (AvgIpc) is 2.92. The molecule has 19 heavy (non-hydrogen) atoms. The number of rotatable bonds is 5. The van der Waals surface area contributed by atoms with Crippen molar-refractivity contribution in [1.82, 2.24) is 10.6 Å². The zero-order valence-corrected chi connectivity index (χ0v) is 11.5. The van der Waals surface area contributed by atoms with Gasteiger partial charge in [-0.05, 0) is 37.4 Å². The molecule has 0 bridgehead atoms. The average molecular weight is 261 g/mol. The van der Waals surface area contributed by atoms with Crippen LogP contribution in [0.2, 0.25) is 0 Å². The van der Waals surface area contributed by atoms with Crippen LogP contribution in [0.4, 0.5) is 10.5 Å². The first-order valence-corrected chi connectivity index (χ1v) is 7.15. The number of aryl methyl sites for hydroxylation is 1. The van der Waals surface area contributed by atoms with Crippen LogP contribution in [0.1, 0.15) is 31.7 Å². The van der Waals surface area contributed by atoms with Gasteiger partial charge in [0.1, 0.15) is 0 Å². The van der Waals surface area contributed by atoms with Crippen molar-refractivity contribution in [1.29, 1.82) is 0 Å². The Bertz CT molecular complexity index is 414. The first kappa shape index (κ1) is 13.9. The van der Waals surface area contributed by atoms with Gasteiger partial charge in [0.2, 0.25) is 0 Å². The van der Waals surface area contributed by atoms with Gasteiger partial charge in [-0.1, -0.05) is 31.5 Å². The van der Waals surface area contributed by atoms with Crippen LogP contribution >= 0.6 is 0 Å². The number of hydrogen-bond acceptors (Lipinski definition) is 2. The van der Waals surface area contributed by atoms with Gasteiger partial charge in [0, 0.05) is 18.3 Å². The second-order valence-electron chi connectivity index (χ2n) is 5.04. The van der Waals surface area contributed by atoms with E-state index in [-0.39, 0.29) is 6.03 Å². The van der Waals surface area contributed by atoms with Crippen molar-refractivity contribution >= 4 is 11.7 Å². The van der Waals surface area contributed by atoms with Crippen molar-refractivity contribution in [3.8, 4) is 0 Å². The van der Waals surface area contributed by atoms with E-state index in [2.05, 4.69) is 28.9 Å². The molecule has 1 fully saturated rings. The number of urea groups is 1. The maximum Gasteiger partial charge on any atom is 0.319 e. The second kappa shape index (κ2) is 7.14. The molecule has 1 aromatic carbocycles. The van der Waals surface area contributed by atoms with Crippen LogP contribution in [-0.4, -0.2) is 25.2 Å². The first-order valence-electron chi connectivity index (χ1n) is 7.15. The fraction of sp³-hybridized carbons (Fsp3) is 0.533. The zero-order chi connectivity index (χ0) is 13.5. The molecule has 104 valence electrons. The largest absolute Gasteiger partial charge is 0.336 e. The van der Waals surface area contributed by atoms with E-state index in [9.17, 15) is 4.79 Å². The highest BCUT2D eigenvalue weighted by Crippen LogP contribution is 2.16. The summed E-state index contributed by atoms with van der Waals surface area (Å²) in [6.45, 7) is 3.90. The zero-order valence-electron chi connectivity index (χ0n) is 11.5.